The van der Waals surface area contributed by atoms with Gasteiger partial charge in [0.05, 0.1) is 12.9 Å². The molecular weight excluding hydrogens is 374 g/mol. The van der Waals surface area contributed by atoms with Gasteiger partial charge in [-0.25, -0.2) is 4.79 Å². The summed E-state index contributed by atoms with van der Waals surface area (Å²) in [6.07, 6.45) is -5.27. The summed E-state index contributed by atoms with van der Waals surface area (Å²) in [5.41, 5.74) is 0. The Morgan fingerprint density at radius 3 is 2.72 bits per heavy atom. The predicted molar refractivity (Wildman–Crippen MR) is 71.0 cm³/mol. The van der Waals surface area contributed by atoms with Gasteiger partial charge < -0.3 is 39.5 Å². The number of nitrogens with one attached hydrogen (secondary N) is 2. The van der Waals surface area contributed by atoms with Crippen molar-refractivity contribution in [1.29, 1.82) is 0 Å². The number of carbonyl (C=O) groups excluding carboxylic acids is 2. The van der Waals surface area contributed by atoms with Gasteiger partial charge in [-0.1, -0.05) is 0 Å². The second kappa shape index (κ2) is 7.56. The van der Waals surface area contributed by atoms with Crippen molar-refractivity contribution in [2.24, 2.45) is 4.99 Å². The van der Waals surface area contributed by atoms with E-state index in [-0.39, 0.29) is 29.6 Å². The molecule has 3 heterocycles. The number of aliphatic hydroxyl groups excluding tert-OH is 2. The maximum atomic E-state index is 11.7. The number of aliphatic hydroxyl groups is 2. The van der Waals surface area contributed by atoms with E-state index in [2.05, 4.69) is 14.8 Å². The molecule has 0 aromatic rings. The minimum Gasteiger partial charge on any atom is -0.756 e. The minimum atomic E-state index is -5.02. The van der Waals surface area contributed by atoms with Gasteiger partial charge in [0.1, 0.15) is 24.5 Å². The van der Waals surface area contributed by atoms with Crippen molar-refractivity contribution in [3.63, 3.8) is 0 Å². The molecule has 3 amide bonds. The Kier molecular flexibility index (Phi) is 6.27. The molecule has 0 saturated carbocycles. The summed E-state index contributed by atoms with van der Waals surface area (Å²) in [4.78, 5) is 47.4. The third kappa shape index (κ3) is 4.22. The Morgan fingerprint density at radius 1 is 1.40 bits per heavy atom. The Hall–Kier alpha value is -0.600. The van der Waals surface area contributed by atoms with Gasteiger partial charge in [-0.15, -0.1) is 0 Å². The first kappa shape index (κ1) is 20.7. The number of urea groups is 1. The molecular formula is C10H14N4NaO9P. The fourth-order valence-electron chi connectivity index (χ4n) is 2.69. The summed E-state index contributed by atoms with van der Waals surface area (Å²) >= 11 is 0. The first-order chi connectivity index (χ1) is 11.2. The number of hydrogen-bond donors (Lipinski definition) is 5. The molecule has 0 aromatic heterocycles. The first-order valence-corrected chi connectivity index (χ1v) is 8.29. The number of aliphatic imine (C=N–C) groups is 1. The summed E-state index contributed by atoms with van der Waals surface area (Å²) in [7, 11) is -5.02. The molecule has 7 atom stereocenters. The monoisotopic (exact) mass is 388 g/mol. The van der Waals surface area contributed by atoms with Crippen LogP contribution in [0.15, 0.2) is 4.99 Å². The largest absolute Gasteiger partial charge is 1.00 e. The molecule has 2 fully saturated rings. The van der Waals surface area contributed by atoms with Crippen LogP contribution in [0.4, 0.5) is 4.79 Å². The molecule has 0 bridgehead atoms. The van der Waals surface area contributed by atoms with E-state index in [4.69, 9.17) is 9.63 Å². The van der Waals surface area contributed by atoms with E-state index in [1.54, 1.807) is 0 Å². The van der Waals surface area contributed by atoms with E-state index in [9.17, 15) is 29.3 Å². The van der Waals surface area contributed by atoms with Crippen LogP contribution >= 0.6 is 7.82 Å². The zero-order chi connectivity index (χ0) is 17.6. The Morgan fingerprint density at radius 2 is 2.08 bits per heavy atom. The van der Waals surface area contributed by atoms with Gasteiger partial charge >= 0.3 is 35.6 Å². The van der Waals surface area contributed by atoms with Crippen molar-refractivity contribution in [2.75, 3.05) is 6.61 Å². The normalized spacial score (nSPS) is 39.3. The number of phosphoric acid groups is 1. The number of amides is 3. The number of nitrogens with zero attached hydrogens (tertiary/aromatic N) is 2. The van der Waals surface area contributed by atoms with Crippen LogP contribution in [0.25, 0.3) is 0 Å². The molecule has 13 nitrogen and oxygen atoms in total. The van der Waals surface area contributed by atoms with Crippen molar-refractivity contribution < 1.29 is 73.0 Å². The number of imide groups is 1. The maximum absolute atomic E-state index is 11.7. The van der Waals surface area contributed by atoms with Gasteiger partial charge in [-0.05, 0) is 0 Å². The van der Waals surface area contributed by atoms with Crippen molar-refractivity contribution in [3.05, 3.63) is 0 Å². The second-order valence-electron chi connectivity index (χ2n) is 5.37. The van der Waals surface area contributed by atoms with Crippen LogP contribution < -0.4 is 45.1 Å². The van der Waals surface area contributed by atoms with Crippen molar-refractivity contribution >= 4 is 26.1 Å². The average Bonchev–Trinajstić information content (AvgIpc) is 3.00. The fourth-order valence-corrected chi connectivity index (χ4v) is 3.03. The smallest absolute Gasteiger partial charge is 0.756 e. The third-order valence-electron chi connectivity index (χ3n) is 3.80. The van der Waals surface area contributed by atoms with Gasteiger partial charge in [0.2, 0.25) is 0 Å². The van der Waals surface area contributed by atoms with E-state index in [0.717, 1.165) is 0 Å². The van der Waals surface area contributed by atoms with Crippen LogP contribution in [0.5, 0.6) is 0 Å². The van der Waals surface area contributed by atoms with Crippen molar-refractivity contribution in [3.8, 4) is 0 Å². The minimum absolute atomic E-state index is 0. The number of fused-ring (bicyclic) bond motifs is 1. The number of carbonyl (C=O) groups is 2. The average molecular weight is 388 g/mol. The van der Waals surface area contributed by atoms with Gasteiger partial charge in [0.15, 0.2) is 12.3 Å². The molecule has 3 unspecified atom stereocenters. The number of rotatable bonds is 4. The van der Waals surface area contributed by atoms with Crippen molar-refractivity contribution in [1.82, 2.24) is 15.5 Å². The zero-order valence-corrected chi connectivity index (χ0v) is 15.8. The molecule has 0 aromatic carbocycles. The summed E-state index contributed by atoms with van der Waals surface area (Å²) in [6, 6.07) is -1.71. The van der Waals surface area contributed by atoms with Crippen molar-refractivity contribution in [2.45, 2.75) is 36.7 Å². The quantitative estimate of drug-likeness (QED) is 0.228. The molecule has 0 spiro atoms. The van der Waals surface area contributed by atoms with Crippen LogP contribution in [0.2, 0.25) is 0 Å². The Labute approximate surface area is 162 Å². The number of phosphoric ester groups is 1. The molecule has 3 rings (SSSR count). The van der Waals surface area contributed by atoms with Crippen LogP contribution in [0, 0.1) is 0 Å². The molecule has 25 heavy (non-hydrogen) atoms. The van der Waals surface area contributed by atoms with E-state index in [1.807, 2.05) is 5.32 Å². The van der Waals surface area contributed by atoms with E-state index in [1.165, 1.54) is 11.2 Å². The number of ether oxygens (including phenoxy) is 1. The molecule has 134 valence electrons. The van der Waals surface area contributed by atoms with E-state index < -0.39 is 63.1 Å². The Bertz CT molecular complexity index is 630. The second-order valence-corrected chi connectivity index (χ2v) is 6.57. The summed E-state index contributed by atoms with van der Waals surface area (Å²) < 4.78 is 20.1. The summed E-state index contributed by atoms with van der Waals surface area (Å²) in [5, 5.41) is 24.5. The maximum Gasteiger partial charge on any atom is 1.00 e. The Balaban J connectivity index is 0.00000225. The van der Waals surface area contributed by atoms with E-state index >= 15 is 0 Å². The third-order valence-corrected chi connectivity index (χ3v) is 4.27. The van der Waals surface area contributed by atoms with Gasteiger partial charge in [-0.2, -0.15) is 0 Å². The van der Waals surface area contributed by atoms with Crippen LogP contribution in [-0.4, -0.2) is 81.6 Å². The van der Waals surface area contributed by atoms with Crippen LogP contribution in [-0.2, 0) is 18.6 Å². The van der Waals surface area contributed by atoms with Gasteiger partial charge in [0, 0.05) is 0 Å². The SMILES string of the molecule is O=C1NC(=O)C2N=CN([C@@H]3O[C@H](COP(=O)([O-])O)[C@@H](O)[C@H]3O)C2N1.[Na+]. The molecule has 2 saturated heterocycles. The molecule has 0 radical (unpaired) electrons. The zero-order valence-electron chi connectivity index (χ0n) is 12.9. The fraction of sp³-hybridized carbons (Fsp3) is 0.700. The summed E-state index contributed by atoms with van der Waals surface area (Å²) in [5.74, 6) is -0.636. The molecule has 0 aliphatic carbocycles. The molecule has 5 N–H and O–H groups in total. The molecule has 3 aliphatic rings. The van der Waals surface area contributed by atoms with Gasteiger partial charge in [-0.3, -0.25) is 19.7 Å². The van der Waals surface area contributed by atoms with Crippen LogP contribution in [0.3, 0.4) is 0 Å². The van der Waals surface area contributed by atoms with E-state index in [0.29, 0.717) is 0 Å². The topological polar surface area (TPSA) is 193 Å². The standard InChI is InChI=1S/C10H15N4O9P.Na/c15-5-3(1-22-24(19,20)21)23-9(6(5)16)14-2-11-4-7(14)12-10(18)13-8(4)17;/h2-7,9,15-16H,1H2,(H2,19,20,21)(H2,12,13,17,18);/q;+1/p-1/t3-,4?,5-,6-,7?,9-;/m1./s1. The number of hydrogen-bond acceptors (Lipinski definition) is 10. The van der Waals surface area contributed by atoms with Crippen LogP contribution in [0.1, 0.15) is 0 Å². The molecule has 3 aliphatic heterocycles. The molecule has 15 heteroatoms. The summed E-state index contributed by atoms with van der Waals surface area (Å²) in [6.45, 7) is -0.724. The predicted octanol–water partition coefficient (Wildman–Crippen LogP) is -7.21. The first-order valence-electron chi connectivity index (χ1n) is 6.79. The van der Waals surface area contributed by atoms with Gasteiger partial charge in [0.25, 0.3) is 13.7 Å².